The lowest BCUT2D eigenvalue weighted by Gasteiger charge is -2.27. The van der Waals surface area contributed by atoms with Crippen molar-refractivity contribution in [3.05, 3.63) is 49.8 Å². The highest BCUT2D eigenvalue weighted by Gasteiger charge is 2.21. The monoisotopic (exact) mass is 448 g/mol. The summed E-state index contributed by atoms with van der Waals surface area (Å²) in [6.45, 7) is 5.44. The number of rotatable bonds is 4. The fraction of sp³-hybridized carbons (Fsp3) is 0.500. The van der Waals surface area contributed by atoms with E-state index in [0.717, 1.165) is 67.0 Å². The standard InChI is InChI=1S/C20H25BrN4O3/c1-27-18-3-2-14(12-16(18)21)13-24-6-4-15-17(5-7-24)22-20(23-19(15)26)25-8-10-28-11-9-25/h2-3,12H,4-11,13H2,1H3,(H,22,23,26). The van der Waals surface area contributed by atoms with Crippen molar-refractivity contribution in [1.29, 1.82) is 0 Å². The number of anilines is 1. The van der Waals surface area contributed by atoms with E-state index >= 15 is 0 Å². The summed E-state index contributed by atoms with van der Waals surface area (Å²) in [5, 5.41) is 0. The van der Waals surface area contributed by atoms with E-state index in [-0.39, 0.29) is 5.56 Å². The normalized spacial score (nSPS) is 17.9. The lowest BCUT2D eigenvalue weighted by molar-refractivity contribution is 0.122. The molecular weight excluding hydrogens is 424 g/mol. The molecule has 0 aliphatic carbocycles. The van der Waals surface area contributed by atoms with Crippen LogP contribution in [0.4, 0.5) is 5.95 Å². The third-order valence-electron chi connectivity index (χ3n) is 5.36. The molecule has 1 saturated heterocycles. The van der Waals surface area contributed by atoms with Crippen molar-refractivity contribution in [3.8, 4) is 5.75 Å². The number of methoxy groups -OCH3 is 1. The van der Waals surface area contributed by atoms with Gasteiger partial charge in [-0.05, 0) is 40.0 Å². The molecule has 0 spiro atoms. The summed E-state index contributed by atoms with van der Waals surface area (Å²) in [6, 6.07) is 6.16. The summed E-state index contributed by atoms with van der Waals surface area (Å²) in [5.74, 6) is 1.51. The van der Waals surface area contributed by atoms with Crippen molar-refractivity contribution >= 4 is 21.9 Å². The van der Waals surface area contributed by atoms with Crippen molar-refractivity contribution in [2.24, 2.45) is 0 Å². The molecule has 28 heavy (non-hydrogen) atoms. The fourth-order valence-corrected chi connectivity index (χ4v) is 4.38. The van der Waals surface area contributed by atoms with E-state index in [1.165, 1.54) is 5.56 Å². The predicted molar refractivity (Wildman–Crippen MR) is 111 cm³/mol. The summed E-state index contributed by atoms with van der Waals surface area (Å²) in [4.78, 5) is 24.9. The molecule has 0 bridgehead atoms. The number of ether oxygens (including phenoxy) is 2. The average Bonchev–Trinajstić information content (AvgIpc) is 2.92. The van der Waals surface area contributed by atoms with Crippen molar-refractivity contribution in [2.45, 2.75) is 19.4 Å². The van der Waals surface area contributed by atoms with Gasteiger partial charge in [0.1, 0.15) is 5.75 Å². The first-order valence-corrected chi connectivity index (χ1v) is 10.4. The van der Waals surface area contributed by atoms with E-state index in [1.54, 1.807) is 7.11 Å². The van der Waals surface area contributed by atoms with Gasteiger partial charge in [0.2, 0.25) is 5.95 Å². The van der Waals surface area contributed by atoms with Crippen LogP contribution in [0.2, 0.25) is 0 Å². The summed E-state index contributed by atoms with van der Waals surface area (Å²) >= 11 is 3.55. The Morgan fingerprint density at radius 1 is 1.21 bits per heavy atom. The van der Waals surface area contributed by atoms with Crippen LogP contribution < -0.4 is 15.2 Å². The Morgan fingerprint density at radius 2 is 2.00 bits per heavy atom. The van der Waals surface area contributed by atoms with E-state index < -0.39 is 0 Å². The van der Waals surface area contributed by atoms with Gasteiger partial charge in [-0.15, -0.1) is 0 Å². The molecule has 2 aliphatic rings. The molecule has 2 aliphatic heterocycles. The number of hydrogen-bond acceptors (Lipinski definition) is 6. The van der Waals surface area contributed by atoms with Crippen LogP contribution in [-0.2, 0) is 24.1 Å². The second kappa shape index (κ2) is 8.63. The smallest absolute Gasteiger partial charge is 0.255 e. The molecule has 3 heterocycles. The lowest BCUT2D eigenvalue weighted by Crippen LogP contribution is -2.38. The average molecular weight is 449 g/mol. The summed E-state index contributed by atoms with van der Waals surface area (Å²) < 4.78 is 11.7. The molecule has 0 saturated carbocycles. The molecule has 1 aromatic heterocycles. The van der Waals surface area contributed by atoms with Gasteiger partial charge in [0, 0.05) is 44.7 Å². The first-order valence-electron chi connectivity index (χ1n) is 9.63. The molecule has 0 amide bonds. The van der Waals surface area contributed by atoms with E-state index in [4.69, 9.17) is 14.5 Å². The minimum Gasteiger partial charge on any atom is -0.496 e. The third kappa shape index (κ3) is 4.24. The van der Waals surface area contributed by atoms with Crippen molar-refractivity contribution in [2.75, 3.05) is 51.4 Å². The van der Waals surface area contributed by atoms with Gasteiger partial charge in [-0.1, -0.05) is 6.07 Å². The zero-order valence-electron chi connectivity index (χ0n) is 16.0. The zero-order chi connectivity index (χ0) is 19.5. The SMILES string of the molecule is COc1ccc(CN2CCc3nc(N4CCOCC4)[nH]c(=O)c3CC2)cc1Br. The maximum Gasteiger partial charge on any atom is 0.255 e. The minimum absolute atomic E-state index is 0.000494. The van der Waals surface area contributed by atoms with Gasteiger partial charge in [-0.2, -0.15) is 0 Å². The third-order valence-corrected chi connectivity index (χ3v) is 5.98. The van der Waals surface area contributed by atoms with E-state index in [1.807, 2.05) is 6.07 Å². The largest absolute Gasteiger partial charge is 0.496 e. The highest BCUT2D eigenvalue weighted by Crippen LogP contribution is 2.26. The molecule has 4 rings (SSSR count). The van der Waals surface area contributed by atoms with E-state index in [2.05, 4.69) is 42.8 Å². The van der Waals surface area contributed by atoms with Crippen LogP contribution in [0.25, 0.3) is 0 Å². The van der Waals surface area contributed by atoms with Crippen LogP contribution in [0, 0.1) is 0 Å². The Kier molecular flexibility index (Phi) is 5.99. The van der Waals surface area contributed by atoms with Gasteiger partial charge in [0.25, 0.3) is 5.56 Å². The second-order valence-corrected chi connectivity index (χ2v) is 8.01. The van der Waals surface area contributed by atoms with Gasteiger partial charge in [-0.25, -0.2) is 4.98 Å². The number of benzene rings is 1. The molecule has 2 aromatic rings. The number of halogens is 1. The Morgan fingerprint density at radius 3 is 2.75 bits per heavy atom. The van der Waals surface area contributed by atoms with Crippen LogP contribution in [0.3, 0.4) is 0 Å². The predicted octanol–water partition coefficient (Wildman–Crippen LogP) is 1.98. The number of morpholine rings is 1. The molecule has 0 unspecified atom stereocenters. The van der Waals surface area contributed by atoms with Crippen LogP contribution in [0.5, 0.6) is 5.75 Å². The Balaban J connectivity index is 1.48. The molecule has 7 nitrogen and oxygen atoms in total. The number of nitrogens with zero attached hydrogens (tertiary/aromatic N) is 3. The first kappa shape index (κ1) is 19.4. The van der Waals surface area contributed by atoms with Gasteiger partial charge < -0.3 is 14.4 Å². The Labute approximate surface area is 172 Å². The highest BCUT2D eigenvalue weighted by molar-refractivity contribution is 9.10. The minimum atomic E-state index is 0.000494. The van der Waals surface area contributed by atoms with Crippen LogP contribution >= 0.6 is 15.9 Å². The molecule has 0 radical (unpaired) electrons. The summed E-state index contributed by atoms with van der Waals surface area (Å²) in [5.41, 5.74) is 2.98. The topological polar surface area (TPSA) is 70.7 Å². The van der Waals surface area contributed by atoms with Crippen LogP contribution in [-0.4, -0.2) is 61.4 Å². The van der Waals surface area contributed by atoms with Gasteiger partial charge in [0.05, 0.1) is 30.5 Å². The van der Waals surface area contributed by atoms with Crippen LogP contribution in [0.1, 0.15) is 16.8 Å². The molecular formula is C20H25BrN4O3. The summed E-state index contributed by atoms with van der Waals surface area (Å²) in [7, 11) is 1.67. The number of aromatic nitrogens is 2. The van der Waals surface area contributed by atoms with E-state index in [9.17, 15) is 4.79 Å². The van der Waals surface area contributed by atoms with E-state index in [0.29, 0.717) is 19.2 Å². The molecule has 1 fully saturated rings. The maximum atomic E-state index is 12.7. The van der Waals surface area contributed by atoms with Gasteiger partial charge >= 0.3 is 0 Å². The van der Waals surface area contributed by atoms with Gasteiger partial charge in [0.15, 0.2) is 0 Å². The Hall–Kier alpha value is -1.90. The molecule has 8 heteroatoms. The number of fused-ring (bicyclic) bond motifs is 1. The highest BCUT2D eigenvalue weighted by atomic mass is 79.9. The molecule has 150 valence electrons. The number of hydrogen-bond donors (Lipinski definition) is 1. The number of H-pyrrole nitrogens is 1. The van der Waals surface area contributed by atoms with Crippen molar-refractivity contribution < 1.29 is 9.47 Å². The maximum absolute atomic E-state index is 12.7. The Bertz CT molecular complexity index is 896. The molecule has 1 N–H and O–H groups in total. The summed E-state index contributed by atoms with van der Waals surface area (Å²) in [6.07, 6.45) is 1.51. The lowest BCUT2D eigenvalue weighted by atomic mass is 10.1. The quantitative estimate of drug-likeness (QED) is 0.770. The zero-order valence-corrected chi connectivity index (χ0v) is 17.6. The van der Waals surface area contributed by atoms with Crippen molar-refractivity contribution in [1.82, 2.24) is 14.9 Å². The number of aromatic amines is 1. The second-order valence-electron chi connectivity index (χ2n) is 7.16. The fourth-order valence-electron chi connectivity index (χ4n) is 3.79. The van der Waals surface area contributed by atoms with Crippen molar-refractivity contribution in [3.63, 3.8) is 0 Å². The number of nitrogens with one attached hydrogen (secondary N) is 1. The molecule has 1 aromatic carbocycles. The first-order chi connectivity index (χ1) is 13.6. The van der Waals surface area contributed by atoms with Crippen LogP contribution in [0.15, 0.2) is 27.5 Å². The van der Waals surface area contributed by atoms with Gasteiger partial charge in [-0.3, -0.25) is 14.7 Å². The molecule has 0 atom stereocenters.